The number of hydrogen-bond donors (Lipinski definition) is 0. The van der Waals surface area contributed by atoms with E-state index in [2.05, 4.69) is 9.78 Å². The Bertz CT molecular complexity index is 219. The van der Waals surface area contributed by atoms with Crippen LogP contribution in [0, 0.1) is 0 Å². The number of carbonyl (C=O) groups is 2. The predicted octanol–water partition coefficient (Wildman–Crippen LogP) is 1.96. The van der Waals surface area contributed by atoms with Gasteiger partial charge in [0.1, 0.15) is 0 Å². The first-order valence-corrected chi connectivity index (χ1v) is 4.20. The third-order valence-electron chi connectivity index (χ3n) is 0.656. The van der Waals surface area contributed by atoms with Crippen LogP contribution in [-0.4, -0.2) is 21.6 Å². The van der Waals surface area contributed by atoms with Crippen LogP contribution in [0.15, 0.2) is 0 Å². The fourth-order valence-corrected chi connectivity index (χ4v) is 0.302. The Morgan fingerprint density at radius 3 is 1.21 bits per heavy atom. The van der Waals surface area contributed by atoms with Crippen LogP contribution in [0.4, 0.5) is 17.6 Å². The van der Waals surface area contributed by atoms with E-state index >= 15 is 0 Å². The van der Waals surface area contributed by atoms with Crippen molar-refractivity contribution < 1.29 is 36.9 Å². The average molecular weight is 348 g/mol. The minimum Gasteiger partial charge on any atom is -0.239 e. The smallest absolute Gasteiger partial charge is 0.239 e. The highest BCUT2D eigenvalue weighted by atomic mass is 79.9. The van der Waals surface area contributed by atoms with Gasteiger partial charge in [0.15, 0.2) is 0 Å². The van der Waals surface area contributed by atoms with Crippen molar-refractivity contribution in [3.63, 3.8) is 0 Å². The first-order chi connectivity index (χ1) is 6.05. The first kappa shape index (κ1) is 13.6. The predicted molar refractivity (Wildman–Crippen MR) is 39.9 cm³/mol. The van der Waals surface area contributed by atoms with Gasteiger partial charge in [0, 0.05) is 31.9 Å². The van der Waals surface area contributed by atoms with Crippen LogP contribution in [0.5, 0.6) is 0 Å². The van der Waals surface area contributed by atoms with Gasteiger partial charge in [-0.15, -0.1) is 0 Å². The lowest BCUT2D eigenvalue weighted by atomic mass is 10.7. The molecule has 0 aliphatic heterocycles. The normalized spacial score (nSPS) is 12.1. The molecule has 0 radical (unpaired) electrons. The Labute approximate surface area is 90.7 Å². The molecule has 0 aliphatic carbocycles. The van der Waals surface area contributed by atoms with Crippen molar-refractivity contribution in [2.24, 2.45) is 0 Å². The van der Waals surface area contributed by atoms with Gasteiger partial charge in [0.2, 0.25) is 0 Å². The van der Waals surface area contributed by atoms with Crippen molar-refractivity contribution in [1.29, 1.82) is 0 Å². The summed E-state index contributed by atoms with van der Waals surface area (Å²) in [6, 6.07) is 0. The molecule has 4 nitrogen and oxygen atoms in total. The molecule has 0 aromatic rings. The van der Waals surface area contributed by atoms with Crippen molar-refractivity contribution in [1.82, 2.24) is 0 Å². The van der Waals surface area contributed by atoms with E-state index in [4.69, 9.17) is 0 Å². The molecule has 0 saturated heterocycles. The van der Waals surface area contributed by atoms with E-state index in [0.29, 0.717) is 0 Å². The van der Waals surface area contributed by atoms with Crippen LogP contribution in [-0.2, 0) is 19.4 Å². The van der Waals surface area contributed by atoms with Crippen molar-refractivity contribution >= 4 is 43.8 Å². The second kappa shape index (κ2) is 4.43. The Hall–Kier alpha value is -0.380. The van der Waals surface area contributed by atoms with Crippen molar-refractivity contribution in [3.8, 4) is 0 Å². The van der Waals surface area contributed by atoms with Crippen LogP contribution in [0.25, 0.3) is 0 Å². The zero-order valence-corrected chi connectivity index (χ0v) is 9.07. The second-order valence-corrected chi connectivity index (χ2v) is 3.73. The van der Waals surface area contributed by atoms with E-state index in [-0.39, 0.29) is 0 Å². The SMILES string of the molecule is O=C(OOC(=O)C(F)(F)Br)C(F)(F)Br. The number of halogens is 6. The van der Waals surface area contributed by atoms with E-state index in [1.165, 1.54) is 0 Å². The van der Waals surface area contributed by atoms with Gasteiger partial charge in [0.25, 0.3) is 0 Å². The zero-order valence-electron chi connectivity index (χ0n) is 5.90. The van der Waals surface area contributed by atoms with Gasteiger partial charge >= 0.3 is 21.6 Å². The molecule has 0 amide bonds. The molecule has 14 heavy (non-hydrogen) atoms. The number of rotatable bonds is 2. The highest BCUT2D eigenvalue weighted by Gasteiger charge is 2.43. The summed E-state index contributed by atoms with van der Waals surface area (Å²) >= 11 is 3.09. The molecule has 0 spiro atoms. The van der Waals surface area contributed by atoms with Crippen LogP contribution >= 0.6 is 31.9 Å². The molecular formula is C4Br2F4O4. The summed E-state index contributed by atoms with van der Waals surface area (Å²) < 4.78 is 47.7. The summed E-state index contributed by atoms with van der Waals surface area (Å²) in [5.74, 6) is -4.66. The molecule has 0 fully saturated rings. The lowest BCUT2D eigenvalue weighted by molar-refractivity contribution is -0.275. The minimum absolute atomic E-state index is 1.55. The van der Waals surface area contributed by atoms with Gasteiger partial charge in [-0.3, -0.25) is 0 Å². The molecular weight excluding hydrogens is 348 g/mol. The highest BCUT2D eigenvalue weighted by Crippen LogP contribution is 2.26. The van der Waals surface area contributed by atoms with Gasteiger partial charge < -0.3 is 0 Å². The molecule has 0 unspecified atom stereocenters. The molecule has 0 saturated carbocycles. The average Bonchev–Trinajstić information content (AvgIpc) is 1.95. The molecule has 10 heteroatoms. The van der Waals surface area contributed by atoms with Crippen LogP contribution in [0.1, 0.15) is 0 Å². The number of carbonyl (C=O) groups excluding carboxylic acids is 2. The van der Waals surface area contributed by atoms with E-state index in [9.17, 15) is 27.2 Å². The number of hydrogen-bond acceptors (Lipinski definition) is 4. The fraction of sp³-hybridized carbons (Fsp3) is 0.500. The van der Waals surface area contributed by atoms with Crippen molar-refractivity contribution in [3.05, 3.63) is 0 Å². The molecule has 0 atom stereocenters. The van der Waals surface area contributed by atoms with Crippen LogP contribution in [0.3, 0.4) is 0 Å². The molecule has 0 aromatic heterocycles. The maximum Gasteiger partial charge on any atom is 0.435 e. The third-order valence-corrected chi connectivity index (χ3v) is 1.30. The van der Waals surface area contributed by atoms with Gasteiger partial charge in [-0.2, -0.15) is 17.6 Å². The third kappa shape index (κ3) is 4.74. The van der Waals surface area contributed by atoms with E-state index in [0.717, 1.165) is 0 Å². The summed E-state index contributed by atoms with van der Waals surface area (Å²) in [7, 11) is 0. The van der Waals surface area contributed by atoms with Gasteiger partial charge in [0.05, 0.1) is 0 Å². The summed E-state index contributed by atoms with van der Waals surface area (Å²) in [6.07, 6.45) is 0. The largest absolute Gasteiger partial charge is 0.435 e. The molecule has 0 rings (SSSR count). The quantitative estimate of drug-likeness (QED) is 0.332. The highest BCUT2D eigenvalue weighted by molar-refractivity contribution is 9.10. The van der Waals surface area contributed by atoms with Gasteiger partial charge in [-0.05, 0) is 0 Å². The van der Waals surface area contributed by atoms with Gasteiger partial charge in [-0.1, -0.05) is 0 Å². The Morgan fingerprint density at radius 2 is 1.07 bits per heavy atom. The molecule has 0 heterocycles. The van der Waals surface area contributed by atoms with Crippen molar-refractivity contribution in [2.45, 2.75) is 9.66 Å². The lowest BCUT2D eigenvalue weighted by Gasteiger charge is -2.08. The summed E-state index contributed by atoms with van der Waals surface area (Å²) in [6.45, 7) is 0. The maximum absolute atomic E-state index is 11.9. The summed E-state index contributed by atoms with van der Waals surface area (Å²) in [5, 5.41) is 0. The van der Waals surface area contributed by atoms with E-state index in [1.807, 2.05) is 0 Å². The molecule has 0 aromatic carbocycles. The molecule has 0 N–H and O–H groups in total. The lowest BCUT2D eigenvalue weighted by Crippen LogP contribution is -2.29. The molecule has 82 valence electrons. The van der Waals surface area contributed by atoms with Gasteiger partial charge in [-0.25, -0.2) is 19.4 Å². The van der Waals surface area contributed by atoms with Crippen molar-refractivity contribution in [2.75, 3.05) is 0 Å². The fourth-order valence-electron chi connectivity index (χ4n) is 0.170. The minimum atomic E-state index is -4.12. The standard InChI is InChI=1S/C4Br2F4O4/c5-3(7,8)1(11)13-14-2(12)4(6,9)10. The monoisotopic (exact) mass is 346 g/mol. The van der Waals surface area contributed by atoms with Crippen LogP contribution < -0.4 is 0 Å². The maximum atomic E-state index is 11.9. The zero-order chi connectivity index (χ0) is 11.6. The topological polar surface area (TPSA) is 52.6 Å². The summed E-state index contributed by atoms with van der Waals surface area (Å²) in [4.78, 5) is 18.2. The second-order valence-electron chi connectivity index (χ2n) is 1.74. The molecule has 0 bridgehead atoms. The number of alkyl halides is 6. The summed E-state index contributed by atoms with van der Waals surface area (Å²) in [5.41, 5.74) is 0. The van der Waals surface area contributed by atoms with E-state index in [1.54, 1.807) is 31.9 Å². The Kier molecular flexibility index (Phi) is 4.31. The first-order valence-electron chi connectivity index (χ1n) is 2.62. The van der Waals surface area contributed by atoms with Crippen LogP contribution in [0.2, 0.25) is 0 Å². The molecule has 0 aliphatic rings. The Morgan fingerprint density at radius 1 is 0.857 bits per heavy atom. The Balaban J connectivity index is 4.10. The van der Waals surface area contributed by atoms with E-state index < -0.39 is 21.6 Å².